The van der Waals surface area contributed by atoms with E-state index in [9.17, 15) is 14.4 Å². The number of carbonyl (C=O) groups excluding carboxylic acids is 3. The molecule has 0 saturated carbocycles. The lowest BCUT2D eigenvalue weighted by Crippen LogP contribution is -2.13. The van der Waals surface area contributed by atoms with Gasteiger partial charge in [-0.2, -0.15) is 0 Å². The van der Waals surface area contributed by atoms with Crippen molar-refractivity contribution in [1.29, 1.82) is 0 Å². The molecule has 0 unspecified atom stereocenters. The minimum Gasteiger partial charge on any atom is -0.423 e. The van der Waals surface area contributed by atoms with Crippen molar-refractivity contribution < 1.29 is 23.9 Å². The first-order valence-electron chi connectivity index (χ1n) is 5.71. The Morgan fingerprint density at radius 1 is 0.900 bits per heavy atom. The van der Waals surface area contributed by atoms with Crippen molar-refractivity contribution in [3.8, 4) is 5.75 Å². The summed E-state index contributed by atoms with van der Waals surface area (Å²) in [6, 6.07) is 5.61. The van der Waals surface area contributed by atoms with E-state index in [4.69, 9.17) is 4.74 Å². The van der Waals surface area contributed by atoms with Crippen LogP contribution in [0.5, 0.6) is 5.75 Å². The van der Waals surface area contributed by atoms with Gasteiger partial charge in [-0.05, 0) is 38.1 Å². The Kier molecular flexibility index (Phi) is 4.97. The van der Waals surface area contributed by atoms with Crippen molar-refractivity contribution in [2.45, 2.75) is 13.8 Å². The van der Waals surface area contributed by atoms with Gasteiger partial charge >= 0.3 is 17.9 Å². The number of hydrogen-bond donors (Lipinski definition) is 0. The third-order valence-electron chi connectivity index (χ3n) is 2.18. The molecule has 104 valence electrons. The standard InChI is InChI=1S/C15H14O5/c1-9(2)13(16)19-12-7-5-11(6-8-12)15(18)20-14(17)10(3)4/h5-8H,1,3H2,2,4H3. The second-order valence-electron chi connectivity index (χ2n) is 4.15. The van der Waals surface area contributed by atoms with Gasteiger partial charge in [-0.1, -0.05) is 13.2 Å². The Hall–Kier alpha value is -2.69. The number of carbonyl (C=O) groups is 3. The van der Waals surface area contributed by atoms with Crippen LogP contribution in [0.3, 0.4) is 0 Å². The average Bonchev–Trinajstić information content (AvgIpc) is 2.39. The highest BCUT2D eigenvalue weighted by Gasteiger charge is 2.14. The van der Waals surface area contributed by atoms with Gasteiger partial charge in [0.25, 0.3) is 0 Å². The quantitative estimate of drug-likeness (QED) is 0.365. The molecule has 0 heterocycles. The van der Waals surface area contributed by atoms with Crippen LogP contribution in [0.4, 0.5) is 0 Å². The fourth-order valence-electron chi connectivity index (χ4n) is 1.08. The van der Waals surface area contributed by atoms with Crippen LogP contribution in [-0.4, -0.2) is 17.9 Å². The van der Waals surface area contributed by atoms with Gasteiger partial charge < -0.3 is 9.47 Å². The molecule has 0 atom stereocenters. The summed E-state index contributed by atoms with van der Waals surface area (Å²) in [5.74, 6) is -1.87. The van der Waals surface area contributed by atoms with Crippen LogP contribution in [0.25, 0.3) is 0 Å². The van der Waals surface area contributed by atoms with Crippen molar-refractivity contribution >= 4 is 17.9 Å². The van der Waals surface area contributed by atoms with Crippen LogP contribution in [0.1, 0.15) is 24.2 Å². The van der Waals surface area contributed by atoms with Crippen molar-refractivity contribution in [2.75, 3.05) is 0 Å². The molecule has 0 N–H and O–H groups in total. The molecule has 20 heavy (non-hydrogen) atoms. The maximum Gasteiger partial charge on any atom is 0.346 e. The van der Waals surface area contributed by atoms with E-state index in [1.165, 1.54) is 38.1 Å². The van der Waals surface area contributed by atoms with Crippen LogP contribution < -0.4 is 4.74 Å². The zero-order valence-electron chi connectivity index (χ0n) is 11.3. The van der Waals surface area contributed by atoms with Crippen LogP contribution >= 0.6 is 0 Å². The van der Waals surface area contributed by atoms with Crippen LogP contribution in [0.15, 0.2) is 48.6 Å². The first-order valence-corrected chi connectivity index (χ1v) is 5.71. The lowest BCUT2D eigenvalue weighted by atomic mass is 10.2. The van der Waals surface area contributed by atoms with Crippen LogP contribution in [0, 0.1) is 0 Å². The van der Waals surface area contributed by atoms with E-state index in [0.29, 0.717) is 0 Å². The Morgan fingerprint density at radius 2 is 1.40 bits per heavy atom. The smallest absolute Gasteiger partial charge is 0.346 e. The molecule has 5 heteroatoms. The highest BCUT2D eigenvalue weighted by atomic mass is 16.6. The summed E-state index contributed by atoms with van der Waals surface area (Å²) >= 11 is 0. The normalized spacial score (nSPS) is 9.50. The van der Waals surface area contributed by atoms with E-state index < -0.39 is 17.9 Å². The van der Waals surface area contributed by atoms with E-state index in [1.54, 1.807) is 0 Å². The molecule has 0 spiro atoms. The fourth-order valence-corrected chi connectivity index (χ4v) is 1.08. The van der Waals surface area contributed by atoms with Crippen molar-refractivity contribution in [3.05, 3.63) is 54.1 Å². The summed E-state index contributed by atoms with van der Waals surface area (Å²) in [6.07, 6.45) is 0. The topological polar surface area (TPSA) is 69.7 Å². The van der Waals surface area contributed by atoms with Gasteiger partial charge in [0.05, 0.1) is 5.56 Å². The highest BCUT2D eigenvalue weighted by Crippen LogP contribution is 2.14. The molecule has 0 bridgehead atoms. The fraction of sp³-hybridized carbons (Fsp3) is 0.133. The Morgan fingerprint density at radius 3 is 1.85 bits per heavy atom. The highest BCUT2D eigenvalue weighted by molar-refractivity contribution is 6.01. The minimum atomic E-state index is -0.796. The Balaban J connectivity index is 2.74. The van der Waals surface area contributed by atoms with E-state index in [2.05, 4.69) is 17.9 Å². The maximum atomic E-state index is 11.6. The number of rotatable bonds is 4. The molecule has 5 nitrogen and oxygen atoms in total. The molecule has 0 aliphatic heterocycles. The lowest BCUT2D eigenvalue weighted by Gasteiger charge is -2.05. The predicted molar refractivity (Wildman–Crippen MR) is 72.1 cm³/mol. The van der Waals surface area contributed by atoms with Gasteiger partial charge in [0.1, 0.15) is 5.75 Å². The van der Waals surface area contributed by atoms with E-state index in [-0.39, 0.29) is 22.5 Å². The van der Waals surface area contributed by atoms with Gasteiger partial charge in [0, 0.05) is 11.1 Å². The summed E-state index contributed by atoms with van der Waals surface area (Å²) in [4.78, 5) is 34.1. The van der Waals surface area contributed by atoms with Crippen molar-refractivity contribution in [3.63, 3.8) is 0 Å². The predicted octanol–water partition coefficient (Wildman–Crippen LogP) is 2.43. The van der Waals surface area contributed by atoms with Gasteiger partial charge in [0.15, 0.2) is 0 Å². The van der Waals surface area contributed by atoms with E-state index in [0.717, 1.165) is 0 Å². The molecule has 0 aromatic heterocycles. The molecule has 0 radical (unpaired) electrons. The Labute approximate surface area is 116 Å². The summed E-state index contributed by atoms with van der Waals surface area (Å²) in [5.41, 5.74) is 0.556. The molecule has 0 aliphatic carbocycles. The monoisotopic (exact) mass is 274 g/mol. The SMILES string of the molecule is C=C(C)C(=O)OC(=O)c1ccc(OC(=O)C(=C)C)cc1. The van der Waals surface area contributed by atoms with Gasteiger partial charge in [-0.15, -0.1) is 0 Å². The van der Waals surface area contributed by atoms with Crippen LogP contribution in [-0.2, 0) is 14.3 Å². The number of benzene rings is 1. The van der Waals surface area contributed by atoms with Crippen LogP contribution in [0.2, 0.25) is 0 Å². The number of hydrogen-bond acceptors (Lipinski definition) is 5. The summed E-state index contributed by atoms with van der Waals surface area (Å²) in [5, 5.41) is 0. The van der Waals surface area contributed by atoms with Gasteiger partial charge in [-0.3, -0.25) is 0 Å². The molecular weight excluding hydrogens is 260 g/mol. The zero-order valence-corrected chi connectivity index (χ0v) is 11.3. The zero-order chi connectivity index (χ0) is 15.3. The molecular formula is C15H14O5. The number of ether oxygens (including phenoxy) is 2. The molecule has 0 saturated heterocycles. The molecule has 0 aliphatic rings. The maximum absolute atomic E-state index is 11.6. The second kappa shape index (κ2) is 6.47. The Bertz CT molecular complexity index is 581. The first-order chi connectivity index (χ1) is 9.31. The van der Waals surface area contributed by atoms with Crippen molar-refractivity contribution in [1.82, 2.24) is 0 Å². The van der Waals surface area contributed by atoms with Gasteiger partial charge in [0.2, 0.25) is 0 Å². The van der Waals surface area contributed by atoms with E-state index in [1.807, 2.05) is 0 Å². The third kappa shape index (κ3) is 4.20. The number of esters is 3. The first kappa shape index (κ1) is 15.4. The van der Waals surface area contributed by atoms with Crippen molar-refractivity contribution in [2.24, 2.45) is 0 Å². The largest absolute Gasteiger partial charge is 0.423 e. The molecule has 1 aromatic carbocycles. The summed E-state index contributed by atoms with van der Waals surface area (Å²) in [6.45, 7) is 9.79. The minimum absolute atomic E-state index is 0.130. The average molecular weight is 274 g/mol. The summed E-state index contributed by atoms with van der Waals surface area (Å²) < 4.78 is 9.52. The molecule has 1 aromatic rings. The van der Waals surface area contributed by atoms with E-state index >= 15 is 0 Å². The molecule has 0 amide bonds. The molecule has 1 rings (SSSR count). The van der Waals surface area contributed by atoms with Gasteiger partial charge in [-0.25, -0.2) is 14.4 Å². The third-order valence-corrected chi connectivity index (χ3v) is 2.18. The second-order valence-corrected chi connectivity index (χ2v) is 4.15. The summed E-state index contributed by atoms with van der Waals surface area (Å²) in [7, 11) is 0. The lowest BCUT2D eigenvalue weighted by molar-refractivity contribution is -0.133. The molecule has 0 fully saturated rings.